The minimum Gasteiger partial charge on any atom is -0.322 e. The Kier molecular flexibility index (Phi) is 4.43. The van der Waals surface area contributed by atoms with Crippen LogP contribution < -0.4 is 5.32 Å². The Hall–Kier alpha value is -2.45. The van der Waals surface area contributed by atoms with Crippen LogP contribution in [0.2, 0.25) is 0 Å². The van der Waals surface area contributed by atoms with Crippen molar-refractivity contribution in [3.63, 3.8) is 0 Å². The van der Waals surface area contributed by atoms with Crippen molar-refractivity contribution in [1.82, 2.24) is 0 Å². The Bertz CT molecular complexity index is 834. The molecule has 0 aliphatic heterocycles. The van der Waals surface area contributed by atoms with E-state index in [2.05, 4.69) is 5.32 Å². The molecule has 2 rings (SSSR count). The summed E-state index contributed by atoms with van der Waals surface area (Å²) in [6.07, 6.45) is 0. The third kappa shape index (κ3) is 3.80. The van der Waals surface area contributed by atoms with Crippen molar-refractivity contribution in [3.8, 4) is 0 Å². The smallest absolute Gasteiger partial charge is 0.270 e. The van der Waals surface area contributed by atoms with Crippen molar-refractivity contribution in [2.45, 2.75) is 4.90 Å². The van der Waals surface area contributed by atoms with Gasteiger partial charge in [-0.25, -0.2) is 8.42 Å². The number of hydrogen-bond donors (Lipinski definition) is 1. The van der Waals surface area contributed by atoms with E-state index in [4.69, 9.17) is 10.7 Å². The molecule has 0 radical (unpaired) electrons. The molecule has 0 heterocycles. The lowest BCUT2D eigenvalue weighted by Crippen LogP contribution is -2.12. The maximum absolute atomic E-state index is 12.0. The number of amides is 1. The molecule has 1 amide bonds. The molecular weight excluding hydrogens is 332 g/mol. The molecule has 0 aliphatic carbocycles. The van der Waals surface area contributed by atoms with Gasteiger partial charge in [-0.3, -0.25) is 14.9 Å². The molecule has 2 aromatic carbocycles. The van der Waals surface area contributed by atoms with Gasteiger partial charge in [0.25, 0.3) is 20.6 Å². The number of benzene rings is 2. The highest BCUT2D eigenvalue weighted by Gasteiger charge is 2.13. The number of nitro groups is 1. The maximum Gasteiger partial charge on any atom is 0.270 e. The summed E-state index contributed by atoms with van der Waals surface area (Å²) in [6.45, 7) is 0. The maximum atomic E-state index is 12.0. The van der Waals surface area contributed by atoms with Gasteiger partial charge < -0.3 is 5.32 Å². The number of halogens is 1. The zero-order valence-electron chi connectivity index (χ0n) is 10.9. The summed E-state index contributed by atoms with van der Waals surface area (Å²) in [5.41, 5.74) is 0.250. The zero-order chi connectivity index (χ0) is 16.3. The number of nitrogens with zero attached hydrogens (tertiary/aromatic N) is 1. The fraction of sp³-hybridized carbons (Fsp3) is 0. The molecule has 0 spiro atoms. The number of anilines is 1. The van der Waals surface area contributed by atoms with Crippen LogP contribution in [0.5, 0.6) is 0 Å². The van der Waals surface area contributed by atoms with E-state index in [0.29, 0.717) is 5.69 Å². The highest BCUT2D eigenvalue weighted by atomic mass is 35.7. The third-order valence-electron chi connectivity index (χ3n) is 2.71. The van der Waals surface area contributed by atoms with Gasteiger partial charge in [0.2, 0.25) is 0 Å². The number of hydrogen-bond acceptors (Lipinski definition) is 5. The molecule has 1 N–H and O–H groups in total. The minimum atomic E-state index is -3.83. The van der Waals surface area contributed by atoms with Gasteiger partial charge in [-0.1, -0.05) is 6.07 Å². The average molecular weight is 341 g/mol. The van der Waals surface area contributed by atoms with Crippen molar-refractivity contribution >= 4 is 37.0 Å². The van der Waals surface area contributed by atoms with Gasteiger partial charge in [0.15, 0.2) is 0 Å². The molecule has 0 fully saturated rings. The van der Waals surface area contributed by atoms with Crippen LogP contribution >= 0.6 is 10.7 Å². The highest BCUT2D eigenvalue weighted by molar-refractivity contribution is 8.13. The number of nitrogens with one attached hydrogen (secondary N) is 1. The van der Waals surface area contributed by atoms with Gasteiger partial charge in [0.05, 0.1) is 9.82 Å². The van der Waals surface area contributed by atoms with E-state index in [1.54, 1.807) is 0 Å². The van der Waals surface area contributed by atoms with Crippen LogP contribution in [-0.2, 0) is 9.05 Å². The number of non-ortho nitro benzene ring substituents is 1. The van der Waals surface area contributed by atoms with Gasteiger partial charge in [0, 0.05) is 34.1 Å². The lowest BCUT2D eigenvalue weighted by atomic mass is 10.2. The van der Waals surface area contributed by atoms with Gasteiger partial charge in [-0.2, -0.15) is 0 Å². The molecule has 9 heteroatoms. The first-order chi connectivity index (χ1) is 10.3. The van der Waals surface area contributed by atoms with Gasteiger partial charge in [-0.15, -0.1) is 0 Å². The van der Waals surface area contributed by atoms with Crippen LogP contribution in [0.4, 0.5) is 11.4 Å². The van der Waals surface area contributed by atoms with Crippen LogP contribution in [0.25, 0.3) is 0 Å². The molecule has 0 saturated heterocycles. The van der Waals surface area contributed by atoms with Crippen molar-refractivity contribution in [2.24, 2.45) is 0 Å². The number of rotatable bonds is 4. The van der Waals surface area contributed by atoms with E-state index >= 15 is 0 Å². The Morgan fingerprint density at radius 3 is 2.32 bits per heavy atom. The fourth-order valence-electron chi connectivity index (χ4n) is 1.66. The normalized spacial score (nSPS) is 11.0. The lowest BCUT2D eigenvalue weighted by molar-refractivity contribution is -0.384. The predicted octanol–water partition coefficient (Wildman–Crippen LogP) is 2.77. The Morgan fingerprint density at radius 2 is 1.77 bits per heavy atom. The summed E-state index contributed by atoms with van der Waals surface area (Å²) in [5.74, 6) is -0.551. The molecule has 7 nitrogen and oxygen atoms in total. The molecule has 22 heavy (non-hydrogen) atoms. The minimum absolute atomic E-state index is 0.0949. The van der Waals surface area contributed by atoms with Crippen LogP contribution in [0, 0.1) is 10.1 Å². The summed E-state index contributed by atoms with van der Waals surface area (Å²) in [6, 6.07) is 10.5. The molecule has 0 saturated carbocycles. The molecule has 0 atom stereocenters. The summed E-state index contributed by atoms with van der Waals surface area (Å²) in [5, 5.41) is 13.2. The quantitative estimate of drug-likeness (QED) is 0.523. The van der Waals surface area contributed by atoms with Crippen molar-refractivity contribution in [2.75, 3.05) is 5.32 Å². The van der Waals surface area contributed by atoms with E-state index in [1.165, 1.54) is 42.5 Å². The third-order valence-corrected chi connectivity index (χ3v) is 4.08. The summed E-state index contributed by atoms with van der Waals surface area (Å²) in [4.78, 5) is 22.0. The second-order valence-corrected chi connectivity index (χ2v) is 6.79. The zero-order valence-corrected chi connectivity index (χ0v) is 12.5. The summed E-state index contributed by atoms with van der Waals surface area (Å²) in [7, 11) is 1.35. The van der Waals surface area contributed by atoms with E-state index in [1.807, 2.05) is 0 Å². The lowest BCUT2D eigenvalue weighted by Gasteiger charge is -2.05. The molecule has 2 aromatic rings. The van der Waals surface area contributed by atoms with E-state index in [0.717, 1.165) is 6.07 Å². The second-order valence-electron chi connectivity index (χ2n) is 4.22. The topological polar surface area (TPSA) is 106 Å². The summed E-state index contributed by atoms with van der Waals surface area (Å²) < 4.78 is 22.2. The van der Waals surface area contributed by atoms with Crippen LogP contribution in [0.15, 0.2) is 53.4 Å². The van der Waals surface area contributed by atoms with Crippen molar-refractivity contribution < 1.29 is 18.1 Å². The summed E-state index contributed by atoms with van der Waals surface area (Å²) >= 11 is 0. The van der Waals surface area contributed by atoms with Gasteiger partial charge >= 0.3 is 0 Å². The van der Waals surface area contributed by atoms with Crippen LogP contribution in [-0.4, -0.2) is 19.2 Å². The molecule has 0 unspecified atom stereocenters. The average Bonchev–Trinajstić information content (AvgIpc) is 2.47. The Morgan fingerprint density at radius 1 is 1.14 bits per heavy atom. The molecule has 114 valence electrons. The second kappa shape index (κ2) is 6.12. The molecule has 0 aromatic heterocycles. The highest BCUT2D eigenvalue weighted by Crippen LogP contribution is 2.19. The van der Waals surface area contributed by atoms with Crippen LogP contribution in [0.1, 0.15) is 10.4 Å². The monoisotopic (exact) mass is 340 g/mol. The molecule has 0 bridgehead atoms. The largest absolute Gasteiger partial charge is 0.322 e. The predicted molar refractivity (Wildman–Crippen MR) is 80.5 cm³/mol. The molecule has 0 aliphatic rings. The van der Waals surface area contributed by atoms with E-state index in [9.17, 15) is 23.3 Å². The first-order valence-corrected chi connectivity index (χ1v) is 8.19. The number of nitro benzene ring substituents is 1. The standard InChI is InChI=1S/C13H9ClN2O5S/c14-22(20,21)12-6-4-10(5-7-12)15-13(17)9-2-1-3-11(8-9)16(18)19/h1-8H,(H,15,17). The number of carbonyl (C=O) groups excluding carboxylic acids is 1. The Balaban J connectivity index is 2.18. The van der Waals surface area contributed by atoms with Crippen molar-refractivity contribution in [3.05, 3.63) is 64.2 Å². The van der Waals surface area contributed by atoms with Crippen LogP contribution in [0.3, 0.4) is 0 Å². The van der Waals surface area contributed by atoms with Gasteiger partial charge in [0.1, 0.15) is 0 Å². The SMILES string of the molecule is O=C(Nc1ccc(S(=O)(=O)Cl)cc1)c1cccc([N+](=O)[O-])c1. The Labute approximate surface area is 130 Å². The first-order valence-electron chi connectivity index (χ1n) is 5.88. The van der Waals surface area contributed by atoms with E-state index < -0.39 is 19.9 Å². The van der Waals surface area contributed by atoms with E-state index in [-0.39, 0.29) is 16.1 Å². The molecular formula is C13H9ClN2O5S. The fourth-order valence-corrected chi connectivity index (χ4v) is 2.43. The van der Waals surface area contributed by atoms with Crippen molar-refractivity contribution in [1.29, 1.82) is 0 Å². The van der Waals surface area contributed by atoms with Gasteiger partial charge in [-0.05, 0) is 30.3 Å². The first kappa shape index (κ1) is 15.9. The number of carbonyl (C=O) groups is 1.